The normalized spacial score (nSPS) is 12.0. The molecule has 0 aliphatic carbocycles. The van der Waals surface area contributed by atoms with Gasteiger partial charge in [-0.2, -0.15) is 8.78 Å². The topological polar surface area (TPSA) is 89.0 Å². The van der Waals surface area contributed by atoms with E-state index in [1.807, 2.05) is 0 Å². The molecule has 6 nitrogen and oxygen atoms in total. The molecule has 0 bridgehead atoms. The van der Waals surface area contributed by atoms with Crippen LogP contribution in [0.2, 0.25) is 0 Å². The molecule has 0 unspecified atom stereocenters. The molecular weight excluding hydrogens is 258 g/mol. The summed E-state index contributed by atoms with van der Waals surface area (Å²) in [6.45, 7) is -3.27. The van der Waals surface area contributed by atoms with Crippen molar-refractivity contribution in [2.24, 2.45) is 0 Å². The van der Waals surface area contributed by atoms with Crippen LogP contribution in [0.5, 0.6) is 0 Å². The van der Waals surface area contributed by atoms with E-state index in [1.165, 1.54) is 4.98 Å². The first kappa shape index (κ1) is 11.9. The lowest BCUT2D eigenvalue weighted by Gasteiger charge is -2.03. The van der Waals surface area contributed by atoms with Crippen LogP contribution in [0.25, 0.3) is 0 Å². The molecule has 0 spiro atoms. The first-order valence-corrected chi connectivity index (χ1v) is 5.62. The minimum atomic E-state index is -4.47. The van der Waals surface area contributed by atoms with E-state index in [4.69, 9.17) is 10.7 Å². The summed E-state index contributed by atoms with van der Waals surface area (Å²) in [7, 11) is 0.314. The standard InChI is InChI=1S/C5H3ClF2N2O4S/c6-15(13,14)2-1-10(4(7)8)5(12)9-3(2)11/h1,4H,(H,9,11,12). The Hall–Kier alpha value is -1.22. The molecule has 1 heterocycles. The summed E-state index contributed by atoms with van der Waals surface area (Å²) in [5, 5.41) is 0. The van der Waals surface area contributed by atoms with Gasteiger partial charge in [0.05, 0.1) is 0 Å². The number of hydrogen-bond donors (Lipinski definition) is 1. The van der Waals surface area contributed by atoms with E-state index in [9.17, 15) is 26.8 Å². The molecule has 0 saturated heterocycles. The Labute approximate surface area is 85.5 Å². The van der Waals surface area contributed by atoms with Gasteiger partial charge >= 0.3 is 12.2 Å². The molecule has 1 aromatic rings. The molecule has 0 aromatic carbocycles. The minimum absolute atomic E-state index is 0.189. The molecule has 15 heavy (non-hydrogen) atoms. The van der Waals surface area contributed by atoms with Crippen LogP contribution in [-0.4, -0.2) is 18.0 Å². The maximum Gasteiger partial charge on any atom is 0.332 e. The van der Waals surface area contributed by atoms with E-state index in [0.29, 0.717) is 0 Å². The summed E-state index contributed by atoms with van der Waals surface area (Å²) in [5.41, 5.74) is -2.76. The second-order valence-electron chi connectivity index (χ2n) is 2.38. The summed E-state index contributed by atoms with van der Waals surface area (Å²) < 4.78 is 45.5. The molecule has 0 atom stereocenters. The Morgan fingerprint density at radius 2 is 1.93 bits per heavy atom. The van der Waals surface area contributed by atoms with Crippen LogP contribution in [0, 0.1) is 0 Å². The summed E-state index contributed by atoms with van der Waals surface area (Å²) in [5.74, 6) is 0. The molecule has 1 rings (SSSR count). The zero-order valence-electron chi connectivity index (χ0n) is 6.78. The van der Waals surface area contributed by atoms with Crippen LogP contribution >= 0.6 is 10.7 Å². The Morgan fingerprint density at radius 3 is 2.33 bits per heavy atom. The van der Waals surface area contributed by atoms with Gasteiger partial charge in [0.2, 0.25) is 0 Å². The average Bonchev–Trinajstić information content (AvgIpc) is 2.00. The molecule has 0 saturated carbocycles. The number of alkyl halides is 2. The summed E-state index contributed by atoms with van der Waals surface area (Å²) in [6, 6.07) is 0. The quantitative estimate of drug-likeness (QED) is 0.750. The van der Waals surface area contributed by atoms with Gasteiger partial charge in [0, 0.05) is 16.9 Å². The van der Waals surface area contributed by atoms with E-state index in [-0.39, 0.29) is 10.8 Å². The van der Waals surface area contributed by atoms with Gasteiger partial charge in [-0.05, 0) is 0 Å². The van der Waals surface area contributed by atoms with Crippen molar-refractivity contribution in [1.29, 1.82) is 0 Å². The highest BCUT2D eigenvalue weighted by Crippen LogP contribution is 2.11. The van der Waals surface area contributed by atoms with Crippen LogP contribution < -0.4 is 11.2 Å². The molecule has 0 fully saturated rings. The van der Waals surface area contributed by atoms with Crippen molar-refractivity contribution >= 4 is 19.7 Å². The van der Waals surface area contributed by atoms with E-state index in [0.717, 1.165) is 0 Å². The third-order valence-electron chi connectivity index (χ3n) is 1.41. The highest BCUT2D eigenvalue weighted by Gasteiger charge is 2.19. The van der Waals surface area contributed by atoms with Crippen molar-refractivity contribution < 1.29 is 17.2 Å². The van der Waals surface area contributed by atoms with Gasteiger partial charge in [-0.1, -0.05) is 0 Å². The summed E-state index contributed by atoms with van der Waals surface area (Å²) >= 11 is 0. The lowest BCUT2D eigenvalue weighted by Crippen LogP contribution is -2.32. The Morgan fingerprint density at radius 1 is 1.40 bits per heavy atom. The fourth-order valence-corrected chi connectivity index (χ4v) is 1.63. The highest BCUT2D eigenvalue weighted by atomic mass is 35.7. The van der Waals surface area contributed by atoms with Crippen molar-refractivity contribution in [2.45, 2.75) is 11.4 Å². The fourth-order valence-electron chi connectivity index (χ4n) is 0.786. The van der Waals surface area contributed by atoms with Crippen LogP contribution in [0.3, 0.4) is 0 Å². The van der Waals surface area contributed by atoms with Gasteiger partial charge in [0.25, 0.3) is 14.6 Å². The second-order valence-corrected chi connectivity index (χ2v) is 4.91. The van der Waals surface area contributed by atoms with Crippen LogP contribution in [0.1, 0.15) is 6.55 Å². The molecule has 1 N–H and O–H groups in total. The molecule has 0 aliphatic rings. The number of rotatable bonds is 2. The zero-order valence-corrected chi connectivity index (χ0v) is 8.35. The lowest BCUT2D eigenvalue weighted by atomic mass is 10.6. The van der Waals surface area contributed by atoms with Gasteiger partial charge in [0.1, 0.15) is 0 Å². The van der Waals surface area contributed by atoms with Crippen molar-refractivity contribution in [1.82, 2.24) is 9.55 Å². The fraction of sp³-hybridized carbons (Fsp3) is 0.200. The molecule has 10 heteroatoms. The minimum Gasteiger partial charge on any atom is -0.273 e. The van der Waals surface area contributed by atoms with Gasteiger partial charge < -0.3 is 0 Å². The monoisotopic (exact) mass is 260 g/mol. The maximum atomic E-state index is 12.1. The smallest absolute Gasteiger partial charge is 0.273 e. The van der Waals surface area contributed by atoms with E-state index in [1.54, 1.807) is 0 Å². The van der Waals surface area contributed by atoms with Crippen molar-refractivity contribution in [3.05, 3.63) is 27.0 Å². The number of H-pyrrole nitrogens is 1. The maximum absolute atomic E-state index is 12.1. The Balaban J connectivity index is 3.66. The predicted molar refractivity (Wildman–Crippen MR) is 45.6 cm³/mol. The summed E-state index contributed by atoms with van der Waals surface area (Å²) in [4.78, 5) is 21.9. The van der Waals surface area contributed by atoms with Gasteiger partial charge in [0.15, 0.2) is 4.90 Å². The van der Waals surface area contributed by atoms with E-state index >= 15 is 0 Å². The first-order chi connectivity index (χ1) is 6.73. The molecule has 0 amide bonds. The van der Waals surface area contributed by atoms with Crippen LogP contribution in [0.4, 0.5) is 8.78 Å². The number of nitrogens with one attached hydrogen (secondary N) is 1. The molecule has 84 valence electrons. The van der Waals surface area contributed by atoms with E-state index < -0.39 is 31.7 Å². The zero-order chi connectivity index (χ0) is 11.8. The average molecular weight is 261 g/mol. The molecule has 1 aromatic heterocycles. The molecule has 0 aliphatic heterocycles. The molecular formula is C5H3ClF2N2O4S. The van der Waals surface area contributed by atoms with Crippen molar-refractivity contribution in [3.8, 4) is 0 Å². The highest BCUT2D eigenvalue weighted by molar-refractivity contribution is 8.13. The number of hydrogen-bond acceptors (Lipinski definition) is 4. The van der Waals surface area contributed by atoms with Crippen molar-refractivity contribution in [2.75, 3.05) is 0 Å². The lowest BCUT2D eigenvalue weighted by molar-refractivity contribution is 0.0637. The summed E-state index contributed by atoms with van der Waals surface area (Å²) in [6.07, 6.45) is 0.189. The first-order valence-electron chi connectivity index (χ1n) is 3.32. The van der Waals surface area contributed by atoms with Crippen molar-refractivity contribution in [3.63, 3.8) is 0 Å². The number of aromatic amines is 1. The SMILES string of the molecule is O=c1[nH]c(=O)n(C(F)F)cc1S(=O)(=O)Cl. The third kappa shape index (κ3) is 2.42. The van der Waals surface area contributed by atoms with Gasteiger partial charge in [-0.3, -0.25) is 9.78 Å². The Kier molecular flexibility index (Phi) is 2.95. The van der Waals surface area contributed by atoms with Crippen LogP contribution in [0.15, 0.2) is 20.7 Å². The third-order valence-corrected chi connectivity index (χ3v) is 2.72. The Bertz CT molecular complexity index is 590. The van der Waals surface area contributed by atoms with Gasteiger partial charge in [-0.25, -0.2) is 17.8 Å². The predicted octanol–water partition coefficient (Wildman–Crippen LogP) is -0.141. The number of nitrogens with zero attached hydrogens (tertiary/aromatic N) is 1. The largest absolute Gasteiger partial charge is 0.332 e. The molecule has 0 radical (unpaired) electrons. The van der Waals surface area contributed by atoms with E-state index in [2.05, 4.69) is 0 Å². The number of halogens is 3. The van der Waals surface area contributed by atoms with Crippen LogP contribution in [-0.2, 0) is 9.05 Å². The number of aromatic nitrogens is 2. The second kappa shape index (κ2) is 3.74. The van der Waals surface area contributed by atoms with Gasteiger partial charge in [-0.15, -0.1) is 0 Å².